The van der Waals surface area contributed by atoms with Gasteiger partial charge in [0, 0.05) is 30.7 Å². The summed E-state index contributed by atoms with van der Waals surface area (Å²) in [6.45, 7) is 7.40. The first-order valence-electron chi connectivity index (χ1n) is 6.76. The number of halogens is 1. The van der Waals surface area contributed by atoms with E-state index in [2.05, 4.69) is 52.9 Å². The van der Waals surface area contributed by atoms with Crippen LogP contribution in [0.15, 0.2) is 18.2 Å². The number of ether oxygens (including phenoxy) is 1. The lowest BCUT2D eigenvalue weighted by Crippen LogP contribution is -2.31. The average molecular weight is 312 g/mol. The van der Waals surface area contributed by atoms with E-state index in [0.717, 1.165) is 37.9 Å². The third-order valence-electron chi connectivity index (χ3n) is 3.64. The molecule has 1 atom stereocenters. The van der Waals surface area contributed by atoms with Gasteiger partial charge in [0.15, 0.2) is 0 Å². The van der Waals surface area contributed by atoms with Crippen LogP contribution in [-0.2, 0) is 10.1 Å². The Labute approximate surface area is 118 Å². The summed E-state index contributed by atoms with van der Waals surface area (Å²) in [5, 5.41) is 0.930. The maximum Gasteiger partial charge on any atom is 0.0747 e. The Morgan fingerprint density at radius 2 is 2.28 bits per heavy atom. The number of hydrogen-bond acceptors (Lipinski definition) is 2. The number of rotatable bonds is 3. The van der Waals surface area contributed by atoms with Crippen molar-refractivity contribution in [3.8, 4) is 0 Å². The Bertz CT molecular complexity index is 394. The van der Waals surface area contributed by atoms with Gasteiger partial charge in [-0.2, -0.15) is 0 Å². The number of alkyl halides is 1. The molecule has 1 aliphatic rings. The van der Waals surface area contributed by atoms with Crippen LogP contribution in [0.5, 0.6) is 0 Å². The summed E-state index contributed by atoms with van der Waals surface area (Å²) in [4.78, 5) is 2.46. The summed E-state index contributed by atoms with van der Waals surface area (Å²) in [7, 11) is 0. The largest absolute Gasteiger partial charge is 0.376 e. The van der Waals surface area contributed by atoms with Crippen molar-refractivity contribution in [2.75, 3.05) is 24.6 Å². The average Bonchev–Trinajstić information content (AvgIpc) is 2.64. The summed E-state index contributed by atoms with van der Waals surface area (Å²) in [5.74, 6) is 0. The van der Waals surface area contributed by atoms with Crippen molar-refractivity contribution >= 4 is 21.6 Å². The van der Waals surface area contributed by atoms with E-state index >= 15 is 0 Å². The first-order valence-corrected chi connectivity index (χ1v) is 7.88. The van der Waals surface area contributed by atoms with Gasteiger partial charge < -0.3 is 9.64 Å². The van der Waals surface area contributed by atoms with E-state index in [1.54, 1.807) is 0 Å². The van der Waals surface area contributed by atoms with Crippen LogP contribution >= 0.6 is 15.9 Å². The first kappa shape index (κ1) is 13.9. The maximum atomic E-state index is 5.83. The smallest absolute Gasteiger partial charge is 0.0747 e. The van der Waals surface area contributed by atoms with Gasteiger partial charge >= 0.3 is 0 Å². The van der Waals surface area contributed by atoms with Crippen molar-refractivity contribution in [1.82, 2.24) is 0 Å². The lowest BCUT2D eigenvalue weighted by atomic mass is 10.1. The highest BCUT2D eigenvalue weighted by Gasteiger charge is 2.17. The Hall–Kier alpha value is -0.540. The zero-order valence-electron chi connectivity index (χ0n) is 11.3. The molecule has 0 radical (unpaired) electrons. The second kappa shape index (κ2) is 6.58. The zero-order chi connectivity index (χ0) is 13.0. The van der Waals surface area contributed by atoms with Gasteiger partial charge in [0.25, 0.3) is 0 Å². The van der Waals surface area contributed by atoms with Crippen LogP contribution < -0.4 is 4.90 Å². The van der Waals surface area contributed by atoms with Crippen LogP contribution in [0, 0.1) is 6.92 Å². The van der Waals surface area contributed by atoms with E-state index in [1.807, 2.05) is 0 Å². The van der Waals surface area contributed by atoms with Gasteiger partial charge in [-0.15, -0.1) is 0 Å². The lowest BCUT2D eigenvalue weighted by molar-refractivity contribution is 0.0664. The highest BCUT2D eigenvalue weighted by atomic mass is 79.9. The summed E-state index contributed by atoms with van der Waals surface area (Å²) in [6.07, 6.45) is 2.59. The van der Waals surface area contributed by atoms with Crippen molar-refractivity contribution in [1.29, 1.82) is 0 Å². The minimum Gasteiger partial charge on any atom is -0.376 e. The predicted octanol–water partition coefficient (Wildman–Crippen LogP) is 3.90. The van der Waals surface area contributed by atoms with Crippen LogP contribution in [-0.4, -0.2) is 25.8 Å². The van der Waals surface area contributed by atoms with Gasteiger partial charge in [0.05, 0.1) is 6.10 Å². The SMILES string of the molecule is CCC1CN(c2ccc(CBr)c(C)c2)CCCO1. The highest BCUT2D eigenvalue weighted by molar-refractivity contribution is 9.08. The van der Waals surface area contributed by atoms with Crippen LogP contribution in [0.2, 0.25) is 0 Å². The van der Waals surface area contributed by atoms with Crippen molar-refractivity contribution in [3.05, 3.63) is 29.3 Å². The lowest BCUT2D eigenvalue weighted by Gasteiger charge is -2.26. The Morgan fingerprint density at radius 1 is 1.44 bits per heavy atom. The molecule has 1 aliphatic heterocycles. The molecule has 0 spiro atoms. The molecule has 0 bridgehead atoms. The third-order valence-corrected chi connectivity index (χ3v) is 4.24. The highest BCUT2D eigenvalue weighted by Crippen LogP contribution is 2.23. The molecule has 0 aromatic heterocycles. The number of benzene rings is 1. The summed E-state index contributed by atoms with van der Waals surface area (Å²) in [5.41, 5.74) is 4.07. The van der Waals surface area contributed by atoms with Crippen molar-refractivity contribution < 1.29 is 4.74 Å². The quantitative estimate of drug-likeness (QED) is 0.785. The second-order valence-corrected chi connectivity index (χ2v) is 5.51. The van der Waals surface area contributed by atoms with Gasteiger partial charge in [-0.05, 0) is 43.0 Å². The van der Waals surface area contributed by atoms with E-state index in [9.17, 15) is 0 Å². The van der Waals surface area contributed by atoms with Crippen LogP contribution in [0.25, 0.3) is 0 Å². The fraction of sp³-hybridized carbons (Fsp3) is 0.600. The van der Waals surface area contributed by atoms with Gasteiger partial charge in [-0.1, -0.05) is 28.9 Å². The standard InChI is InChI=1S/C15H22BrNO/c1-3-15-11-17(7-4-8-18-15)14-6-5-13(10-16)12(2)9-14/h5-6,9,15H,3-4,7-8,10-11H2,1-2H3. The normalized spacial score (nSPS) is 20.8. The molecule has 2 rings (SSSR count). The molecular weight excluding hydrogens is 290 g/mol. The van der Waals surface area contributed by atoms with E-state index in [1.165, 1.54) is 16.8 Å². The molecule has 2 nitrogen and oxygen atoms in total. The van der Waals surface area contributed by atoms with Crippen LogP contribution in [0.1, 0.15) is 30.9 Å². The molecule has 0 saturated carbocycles. The van der Waals surface area contributed by atoms with Crippen molar-refractivity contribution in [3.63, 3.8) is 0 Å². The van der Waals surface area contributed by atoms with Crippen LogP contribution in [0.3, 0.4) is 0 Å². The van der Waals surface area contributed by atoms with E-state index < -0.39 is 0 Å². The summed E-state index contributed by atoms with van der Waals surface area (Å²) < 4.78 is 5.83. The maximum absolute atomic E-state index is 5.83. The van der Waals surface area contributed by atoms with Gasteiger partial charge in [0.2, 0.25) is 0 Å². The van der Waals surface area contributed by atoms with E-state index in [-0.39, 0.29) is 0 Å². The molecule has 18 heavy (non-hydrogen) atoms. The number of anilines is 1. The van der Waals surface area contributed by atoms with E-state index in [4.69, 9.17) is 4.74 Å². The third kappa shape index (κ3) is 3.27. The summed E-state index contributed by atoms with van der Waals surface area (Å²) >= 11 is 3.53. The van der Waals surface area contributed by atoms with Gasteiger partial charge in [-0.25, -0.2) is 0 Å². The molecule has 0 aliphatic carbocycles. The molecule has 1 aromatic rings. The van der Waals surface area contributed by atoms with Gasteiger partial charge in [-0.3, -0.25) is 0 Å². The summed E-state index contributed by atoms with van der Waals surface area (Å²) in [6, 6.07) is 6.77. The topological polar surface area (TPSA) is 12.5 Å². The molecular formula is C15H22BrNO. The molecule has 1 fully saturated rings. The molecule has 1 unspecified atom stereocenters. The van der Waals surface area contributed by atoms with Crippen molar-refractivity contribution in [2.24, 2.45) is 0 Å². The minimum absolute atomic E-state index is 0.378. The minimum atomic E-state index is 0.378. The molecule has 0 amide bonds. The van der Waals surface area contributed by atoms with Gasteiger partial charge in [0.1, 0.15) is 0 Å². The monoisotopic (exact) mass is 311 g/mol. The molecule has 1 aromatic carbocycles. The zero-order valence-corrected chi connectivity index (χ0v) is 12.9. The van der Waals surface area contributed by atoms with E-state index in [0.29, 0.717) is 6.10 Å². The first-order chi connectivity index (χ1) is 8.74. The number of hydrogen-bond donors (Lipinski definition) is 0. The van der Waals surface area contributed by atoms with Crippen LogP contribution in [0.4, 0.5) is 5.69 Å². The second-order valence-electron chi connectivity index (χ2n) is 4.95. The molecule has 3 heteroatoms. The Morgan fingerprint density at radius 3 is 2.94 bits per heavy atom. The molecule has 0 N–H and O–H groups in total. The molecule has 100 valence electrons. The number of nitrogens with zero attached hydrogens (tertiary/aromatic N) is 1. The fourth-order valence-corrected chi connectivity index (χ4v) is 3.03. The Balaban J connectivity index is 2.16. The predicted molar refractivity (Wildman–Crippen MR) is 80.7 cm³/mol. The molecule has 1 heterocycles. The molecule has 1 saturated heterocycles. The van der Waals surface area contributed by atoms with Crippen molar-refractivity contribution in [2.45, 2.75) is 38.1 Å². The number of aryl methyl sites for hydroxylation is 1. The fourth-order valence-electron chi connectivity index (χ4n) is 2.40. The Kier molecular flexibility index (Phi) is 5.07.